The summed E-state index contributed by atoms with van der Waals surface area (Å²) in [4.78, 5) is 27.2. The van der Waals surface area contributed by atoms with Gasteiger partial charge in [0.25, 0.3) is 5.91 Å². The highest BCUT2D eigenvalue weighted by atomic mass is 16.2. The van der Waals surface area contributed by atoms with E-state index in [1.165, 1.54) is 32.1 Å². The topological polar surface area (TPSA) is 105 Å². The first kappa shape index (κ1) is 23.9. The summed E-state index contributed by atoms with van der Waals surface area (Å²) in [5, 5.41) is 17.9. The lowest BCUT2D eigenvalue weighted by molar-refractivity contribution is -0.125. The quantitative estimate of drug-likeness (QED) is 0.437. The number of aromatic amines is 1. The van der Waals surface area contributed by atoms with Crippen LogP contribution in [0.15, 0.2) is 36.5 Å². The SMILES string of the molecule is CCn1nccc1C(=O)N[C@H](C(=O)Nc1ccc(-c2c(C)n[nH]c2C)cc1)C1C2CC3CC(C2)CC1C3. The number of nitrogens with one attached hydrogen (secondary N) is 3. The highest BCUT2D eigenvalue weighted by Crippen LogP contribution is 2.57. The Morgan fingerprint density at radius 1 is 1.03 bits per heavy atom. The lowest BCUT2D eigenvalue weighted by Crippen LogP contribution is -2.58. The molecule has 4 aliphatic rings. The van der Waals surface area contributed by atoms with Crippen LogP contribution in [0, 0.1) is 43.4 Å². The predicted molar refractivity (Wildman–Crippen MR) is 142 cm³/mol. The summed E-state index contributed by atoms with van der Waals surface area (Å²) >= 11 is 0. The van der Waals surface area contributed by atoms with E-state index in [4.69, 9.17) is 0 Å². The van der Waals surface area contributed by atoms with Gasteiger partial charge in [-0.2, -0.15) is 10.2 Å². The first-order valence-corrected chi connectivity index (χ1v) is 13.7. The Morgan fingerprint density at radius 3 is 2.30 bits per heavy atom. The molecule has 4 aliphatic carbocycles. The molecule has 0 saturated heterocycles. The third kappa shape index (κ3) is 4.36. The van der Waals surface area contributed by atoms with Crippen molar-refractivity contribution in [3.05, 3.63) is 53.6 Å². The maximum absolute atomic E-state index is 13.9. The molecule has 4 saturated carbocycles. The molecule has 1 atom stereocenters. The maximum atomic E-state index is 13.9. The second-order valence-corrected chi connectivity index (χ2v) is 11.4. The molecule has 0 aliphatic heterocycles. The zero-order valence-corrected chi connectivity index (χ0v) is 21.8. The summed E-state index contributed by atoms with van der Waals surface area (Å²) in [6.07, 6.45) is 7.72. The molecular formula is C29H36N6O2. The normalized spacial score (nSPS) is 26.7. The fourth-order valence-electron chi connectivity index (χ4n) is 7.76. The number of carbonyl (C=O) groups excluding carboxylic acids is 2. The van der Waals surface area contributed by atoms with E-state index in [9.17, 15) is 9.59 Å². The highest BCUT2D eigenvalue weighted by Gasteiger charge is 2.52. The van der Waals surface area contributed by atoms with Crippen molar-refractivity contribution < 1.29 is 9.59 Å². The first-order chi connectivity index (χ1) is 17.9. The zero-order chi connectivity index (χ0) is 25.7. The zero-order valence-electron chi connectivity index (χ0n) is 21.8. The monoisotopic (exact) mass is 500 g/mol. The van der Waals surface area contributed by atoms with Crippen LogP contribution >= 0.6 is 0 Å². The summed E-state index contributed by atoms with van der Waals surface area (Å²) in [6.45, 7) is 6.56. The number of rotatable bonds is 7. The molecule has 194 valence electrons. The van der Waals surface area contributed by atoms with Gasteiger partial charge in [-0.25, -0.2) is 0 Å². The van der Waals surface area contributed by atoms with E-state index >= 15 is 0 Å². The summed E-state index contributed by atoms with van der Waals surface area (Å²) in [5.74, 6) is 2.40. The molecule has 8 heteroatoms. The van der Waals surface area contributed by atoms with E-state index in [1.54, 1.807) is 16.9 Å². The van der Waals surface area contributed by atoms with Crippen LogP contribution in [0.5, 0.6) is 0 Å². The van der Waals surface area contributed by atoms with Crippen molar-refractivity contribution in [3.63, 3.8) is 0 Å². The van der Waals surface area contributed by atoms with Crippen molar-refractivity contribution in [2.45, 2.75) is 65.5 Å². The molecule has 0 spiro atoms. The number of anilines is 1. The summed E-state index contributed by atoms with van der Waals surface area (Å²) < 4.78 is 1.68. The Hall–Kier alpha value is -3.42. The molecule has 2 amide bonds. The van der Waals surface area contributed by atoms with Crippen molar-refractivity contribution in [1.29, 1.82) is 0 Å². The average molecular weight is 501 g/mol. The minimum Gasteiger partial charge on any atom is -0.339 e. The predicted octanol–water partition coefficient (Wildman–Crippen LogP) is 4.72. The minimum absolute atomic E-state index is 0.128. The van der Waals surface area contributed by atoms with E-state index in [2.05, 4.69) is 25.9 Å². The van der Waals surface area contributed by atoms with Crippen LogP contribution in [0.1, 0.15) is 60.9 Å². The van der Waals surface area contributed by atoms with Crippen molar-refractivity contribution in [1.82, 2.24) is 25.3 Å². The van der Waals surface area contributed by atoms with Gasteiger partial charge in [-0.1, -0.05) is 12.1 Å². The number of aryl methyl sites for hydroxylation is 3. The summed E-state index contributed by atoms with van der Waals surface area (Å²) in [5.41, 5.74) is 5.34. The molecule has 4 fully saturated rings. The number of aromatic nitrogens is 4. The van der Waals surface area contributed by atoms with Crippen molar-refractivity contribution >= 4 is 17.5 Å². The molecule has 2 heterocycles. The Morgan fingerprint density at radius 2 is 1.70 bits per heavy atom. The average Bonchev–Trinajstić information content (AvgIpc) is 3.49. The number of hydrogen-bond acceptors (Lipinski definition) is 4. The van der Waals surface area contributed by atoms with E-state index in [0.717, 1.165) is 40.0 Å². The van der Waals surface area contributed by atoms with Crippen LogP contribution in [-0.2, 0) is 11.3 Å². The lowest BCUT2D eigenvalue weighted by Gasteiger charge is -2.56. The smallest absolute Gasteiger partial charge is 0.270 e. The van der Waals surface area contributed by atoms with Crippen molar-refractivity contribution in [3.8, 4) is 11.1 Å². The molecule has 3 aromatic rings. The Kier molecular flexibility index (Phi) is 6.13. The van der Waals surface area contributed by atoms with Crippen molar-refractivity contribution in [2.75, 3.05) is 5.32 Å². The molecule has 1 aromatic carbocycles. The van der Waals surface area contributed by atoms with Gasteiger partial charge in [-0.05, 0) is 106 Å². The number of carbonyl (C=O) groups is 2. The van der Waals surface area contributed by atoms with Crippen LogP contribution in [0.2, 0.25) is 0 Å². The summed E-state index contributed by atoms with van der Waals surface area (Å²) in [7, 11) is 0. The fourth-order valence-corrected chi connectivity index (χ4v) is 7.76. The Balaban J connectivity index is 1.25. The van der Waals surface area contributed by atoms with Crippen LogP contribution in [0.25, 0.3) is 11.1 Å². The Bertz CT molecular complexity index is 1260. The van der Waals surface area contributed by atoms with Crippen LogP contribution in [0.4, 0.5) is 5.69 Å². The van der Waals surface area contributed by atoms with Gasteiger partial charge in [-0.3, -0.25) is 19.4 Å². The van der Waals surface area contributed by atoms with Gasteiger partial charge >= 0.3 is 0 Å². The summed E-state index contributed by atoms with van der Waals surface area (Å²) in [6, 6.07) is 9.04. The van der Waals surface area contributed by atoms with Crippen LogP contribution in [0.3, 0.4) is 0 Å². The van der Waals surface area contributed by atoms with Gasteiger partial charge in [0, 0.05) is 29.7 Å². The minimum atomic E-state index is -0.569. The molecule has 2 aromatic heterocycles. The third-order valence-corrected chi connectivity index (χ3v) is 9.07. The third-order valence-electron chi connectivity index (χ3n) is 9.07. The first-order valence-electron chi connectivity index (χ1n) is 13.7. The second-order valence-electron chi connectivity index (χ2n) is 11.4. The van der Waals surface area contributed by atoms with Crippen molar-refractivity contribution in [2.24, 2.45) is 29.6 Å². The number of nitrogens with zero attached hydrogens (tertiary/aromatic N) is 3. The van der Waals surface area contributed by atoms with E-state index in [-0.39, 0.29) is 17.7 Å². The standard InChI is InChI=1S/C29H36N6O2/c1-4-35-24(9-10-30-35)28(36)32-27(26-21-12-18-11-19(14-21)15-22(26)13-18)29(37)31-23-7-5-20(6-8-23)25-16(2)33-34-17(25)3/h5-10,18-19,21-22,26-27H,4,11-15H2,1-3H3,(H,31,37)(H,32,36)(H,33,34)/t18?,19?,21?,22?,26?,27-/m0/s1. The second kappa shape index (κ2) is 9.47. The highest BCUT2D eigenvalue weighted by molar-refractivity contribution is 6.01. The Labute approximate surface area is 217 Å². The van der Waals surface area contributed by atoms with Crippen LogP contribution in [-0.4, -0.2) is 37.8 Å². The van der Waals surface area contributed by atoms with Gasteiger partial charge < -0.3 is 10.6 Å². The molecule has 3 N–H and O–H groups in total. The van der Waals surface area contributed by atoms with E-state index < -0.39 is 6.04 Å². The van der Waals surface area contributed by atoms with Crippen LogP contribution < -0.4 is 10.6 Å². The fraction of sp³-hybridized carbons (Fsp3) is 0.517. The number of H-pyrrole nitrogens is 1. The van der Waals surface area contributed by atoms with E-state index in [1.807, 2.05) is 45.0 Å². The molecule has 37 heavy (non-hydrogen) atoms. The molecule has 8 nitrogen and oxygen atoms in total. The maximum Gasteiger partial charge on any atom is 0.270 e. The number of hydrogen-bond donors (Lipinski definition) is 3. The van der Waals surface area contributed by atoms with Gasteiger partial charge in [0.2, 0.25) is 5.91 Å². The van der Waals surface area contributed by atoms with Gasteiger partial charge in [0.15, 0.2) is 0 Å². The number of amides is 2. The van der Waals surface area contributed by atoms with Gasteiger partial charge in [0.05, 0.1) is 5.69 Å². The molecular weight excluding hydrogens is 464 g/mol. The largest absolute Gasteiger partial charge is 0.339 e. The molecule has 7 rings (SSSR count). The molecule has 0 unspecified atom stereocenters. The molecule has 0 radical (unpaired) electrons. The van der Waals surface area contributed by atoms with Gasteiger partial charge in [-0.15, -0.1) is 0 Å². The number of benzene rings is 1. The molecule has 4 bridgehead atoms. The van der Waals surface area contributed by atoms with Gasteiger partial charge in [0.1, 0.15) is 11.7 Å². The lowest BCUT2D eigenvalue weighted by atomic mass is 9.50. The van der Waals surface area contributed by atoms with E-state index in [0.29, 0.717) is 24.1 Å².